The summed E-state index contributed by atoms with van der Waals surface area (Å²) in [5.41, 5.74) is 2.06. The van der Waals surface area contributed by atoms with E-state index in [1.54, 1.807) is 11.3 Å². The second-order valence-electron chi connectivity index (χ2n) is 5.27. The van der Waals surface area contributed by atoms with Gasteiger partial charge in [0.15, 0.2) is 5.13 Å². The van der Waals surface area contributed by atoms with Crippen LogP contribution in [0.3, 0.4) is 0 Å². The van der Waals surface area contributed by atoms with Gasteiger partial charge in [-0.3, -0.25) is 0 Å². The number of aromatic nitrogens is 3. The standard InChI is InChI=1S/C15H17N5OS2/c1-2-13-18-14(23-19-13)16-10-3-4-11-12(9-10)22-15(17-11)20-5-7-21-8-6-20/h3-4,9H,2,5-8H2,1H3,(H,16,18,19). The molecule has 0 bridgehead atoms. The zero-order chi connectivity index (χ0) is 15.6. The lowest BCUT2D eigenvalue weighted by Crippen LogP contribution is -2.36. The van der Waals surface area contributed by atoms with Crippen molar-refractivity contribution in [1.29, 1.82) is 0 Å². The van der Waals surface area contributed by atoms with Gasteiger partial charge in [0.2, 0.25) is 5.13 Å². The first kappa shape index (κ1) is 14.8. The van der Waals surface area contributed by atoms with E-state index >= 15 is 0 Å². The van der Waals surface area contributed by atoms with E-state index in [-0.39, 0.29) is 0 Å². The fourth-order valence-corrected chi connectivity index (χ4v) is 4.18. The maximum atomic E-state index is 5.41. The summed E-state index contributed by atoms with van der Waals surface area (Å²) in [5.74, 6) is 0.881. The molecule has 0 atom stereocenters. The Kier molecular flexibility index (Phi) is 4.11. The molecule has 1 aromatic carbocycles. The minimum Gasteiger partial charge on any atom is -0.378 e. The second-order valence-corrected chi connectivity index (χ2v) is 7.03. The van der Waals surface area contributed by atoms with Gasteiger partial charge < -0.3 is 15.0 Å². The molecule has 0 saturated carbocycles. The third-order valence-electron chi connectivity index (χ3n) is 3.69. The van der Waals surface area contributed by atoms with Crippen LogP contribution in [0.1, 0.15) is 12.7 Å². The molecular weight excluding hydrogens is 330 g/mol. The third-order valence-corrected chi connectivity index (χ3v) is 5.44. The van der Waals surface area contributed by atoms with E-state index in [1.807, 2.05) is 6.07 Å². The Morgan fingerprint density at radius 3 is 2.91 bits per heavy atom. The topological polar surface area (TPSA) is 63.2 Å². The molecule has 6 nitrogen and oxygen atoms in total. The highest BCUT2D eigenvalue weighted by atomic mass is 32.1. The quantitative estimate of drug-likeness (QED) is 0.781. The highest BCUT2D eigenvalue weighted by molar-refractivity contribution is 7.22. The molecule has 0 aliphatic carbocycles. The summed E-state index contributed by atoms with van der Waals surface area (Å²) in [6.07, 6.45) is 0.856. The Morgan fingerprint density at radius 2 is 2.13 bits per heavy atom. The summed E-state index contributed by atoms with van der Waals surface area (Å²) < 4.78 is 10.9. The Balaban J connectivity index is 1.57. The summed E-state index contributed by atoms with van der Waals surface area (Å²) in [6, 6.07) is 6.22. The zero-order valence-electron chi connectivity index (χ0n) is 12.8. The van der Waals surface area contributed by atoms with Gasteiger partial charge in [-0.2, -0.15) is 4.37 Å². The first-order valence-corrected chi connectivity index (χ1v) is 9.23. The predicted molar refractivity (Wildman–Crippen MR) is 95.2 cm³/mol. The van der Waals surface area contributed by atoms with Crippen LogP contribution in [0.5, 0.6) is 0 Å². The summed E-state index contributed by atoms with van der Waals surface area (Å²) in [7, 11) is 0. The molecule has 1 N–H and O–H groups in total. The molecule has 0 amide bonds. The number of anilines is 3. The lowest BCUT2D eigenvalue weighted by Gasteiger charge is -2.25. The van der Waals surface area contributed by atoms with E-state index in [0.29, 0.717) is 0 Å². The Morgan fingerprint density at radius 1 is 1.26 bits per heavy atom. The molecule has 0 spiro atoms. The lowest BCUT2D eigenvalue weighted by atomic mass is 10.3. The average molecular weight is 347 g/mol. The maximum Gasteiger partial charge on any atom is 0.207 e. The van der Waals surface area contributed by atoms with Gasteiger partial charge in [-0.15, -0.1) is 0 Å². The number of thiazole rings is 1. The number of hydrogen-bond donors (Lipinski definition) is 1. The smallest absolute Gasteiger partial charge is 0.207 e. The number of fused-ring (bicyclic) bond motifs is 1. The van der Waals surface area contributed by atoms with Crippen LogP contribution in [0.25, 0.3) is 10.2 Å². The first-order valence-electron chi connectivity index (χ1n) is 7.65. The number of benzene rings is 1. The van der Waals surface area contributed by atoms with Crippen LogP contribution in [-0.2, 0) is 11.2 Å². The molecule has 3 heterocycles. The van der Waals surface area contributed by atoms with Gasteiger partial charge in [0, 0.05) is 36.7 Å². The number of rotatable bonds is 4. The minimum absolute atomic E-state index is 0.777. The average Bonchev–Trinajstić information content (AvgIpc) is 3.22. The molecule has 4 rings (SSSR count). The Labute approximate surface area is 142 Å². The number of nitrogens with one attached hydrogen (secondary N) is 1. The minimum atomic E-state index is 0.777. The van der Waals surface area contributed by atoms with Gasteiger partial charge in [-0.1, -0.05) is 18.3 Å². The fraction of sp³-hybridized carbons (Fsp3) is 0.400. The number of aryl methyl sites for hydroxylation is 1. The first-order chi connectivity index (χ1) is 11.3. The zero-order valence-corrected chi connectivity index (χ0v) is 14.4. The van der Waals surface area contributed by atoms with Crippen LogP contribution >= 0.6 is 22.9 Å². The number of nitrogens with zero attached hydrogens (tertiary/aromatic N) is 4. The number of ether oxygens (including phenoxy) is 1. The van der Waals surface area contributed by atoms with E-state index in [9.17, 15) is 0 Å². The van der Waals surface area contributed by atoms with E-state index in [0.717, 1.165) is 60.0 Å². The largest absolute Gasteiger partial charge is 0.378 e. The highest BCUT2D eigenvalue weighted by Gasteiger charge is 2.15. The molecule has 1 fully saturated rings. The van der Waals surface area contributed by atoms with Crippen LogP contribution in [0.2, 0.25) is 0 Å². The lowest BCUT2D eigenvalue weighted by molar-refractivity contribution is 0.122. The van der Waals surface area contributed by atoms with Gasteiger partial charge in [0.05, 0.1) is 23.4 Å². The summed E-state index contributed by atoms with van der Waals surface area (Å²) in [4.78, 5) is 11.5. The maximum absolute atomic E-state index is 5.41. The second kappa shape index (κ2) is 6.38. The molecule has 2 aromatic heterocycles. The van der Waals surface area contributed by atoms with Crippen molar-refractivity contribution in [2.24, 2.45) is 0 Å². The van der Waals surface area contributed by atoms with E-state index < -0.39 is 0 Å². The molecular formula is C15H17N5OS2. The summed E-state index contributed by atoms with van der Waals surface area (Å²) in [6.45, 7) is 5.44. The molecule has 1 aliphatic heterocycles. The van der Waals surface area contributed by atoms with Crippen molar-refractivity contribution in [2.45, 2.75) is 13.3 Å². The van der Waals surface area contributed by atoms with Crippen molar-refractivity contribution in [3.8, 4) is 0 Å². The number of hydrogen-bond acceptors (Lipinski definition) is 8. The van der Waals surface area contributed by atoms with Crippen LogP contribution in [0.15, 0.2) is 18.2 Å². The molecule has 1 saturated heterocycles. The van der Waals surface area contributed by atoms with Gasteiger partial charge in [0.25, 0.3) is 0 Å². The normalized spacial score (nSPS) is 15.3. The van der Waals surface area contributed by atoms with Gasteiger partial charge in [-0.05, 0) is 18.2 Å². The van der Waals surface area contributed by atoms with Crippen molar-refractivity contribution in [3.05, 3.63) is 24.0 Å². The van der Waals surface area contributed by atoms with E-state index in [1.165, 1.54) is 16.2 Å². The highest BCUT2D eigenvalue weighted by Crippen LogP contribution is 2.32. The van der Waals surface area contributed by atoms with E-state index in [4.69, 9.17) is 9.72 Å². The van der Waals surface area contributed by atoms with Crippen LogP contribution in [0.4, 0.5) is 16.0 Å². The fourth-order valence-electron chi connectivity index (χ4n) is 2.45. The van der Waals surface area contributed by atoms with Gasteiger partial charge in [0.1, 0.15) is 5.82 Å². The third kappa shape index (κ3) is 3.15. The molecule has 0 unspecified atom stereocenters. The SMILES string of the molecule is CCc1nsc(Nc2ccc3nc(N4CCOCC4)sc3c2)n1. The molecule has 0 radical (unpaired) electrons. The predicted octanol–water partition coefficient (Wildman–Crippen LogP) is 3.29. The van der Waals surface area contributed by atoms with Crippen molar-refractivity contribution < 1.29 is 4.74 Å². The Hall–Kier alpha value is -1.77. The van der Waals surface area contributed by atoms with Crippen LogP contribution in [-0.4, -0.2) is 40.6 Å². The van der Waals surface area contributed by atoms with Gasteiger partial charge >= 0.3 is 0 Å². The van der Waals surface area contributed by atoms with Crippen molar-refractivity contribution >= 4 is 49.0 Å². The Bertz CT molecular complexity index is 809. The molecule has 8 heteroatoms. The molecule has 120 valence electrons. The summed E-state index contributed by atoms with van der Waals surface area (Å²) in [5, 5.41) is 5.24. The number of morpholine rings is 1. The van der Waals surface area contributed by atoms with Crippen molar-refractivity contribution in [3.63, 3.8) is 0 Å². The molecule has 1 aliphatic rings. The summed E-state index contributed by atoms with van der Waals surface area (Å²) >= 11 is 3.12. The van der Waals surface area contributed by atoms with Gasteiger partial charge in [-0.25, -0.2) is 9.97 Å². The molecule has 23 heavy (non-hydrogen) atoms. The van der Waals surface area contributed by atoms with Crippen molar-refractivity contribution in [2.75, 3.05) is 36.5 Å². The monoisotopic (exact) mass is 347 g/mol. The molecule has 3 aromatic rings. The van der Waals surface area contributed by atoms with E-state index in [2.05, 4.69) is 38.6 Å². The van der Waals surface area contributed by atoms with Crippen LogP contribution < -0.4 is 10.2 Å². The van der Waals surface area contributed by atoms with Crippen LogP contribution in [0, 0.1) is 0 Å². The van der Waals surface area contributed by atoms with Crippen molar-refractivity contribution in [1.82, 2.24) is 14.3 Å².